The number of benzene rings is 1. The molecule has 0 spiro atoms. The lowest BCUT2D eigenvalue weighted by atomic mass is 10.1. The largest absolute Gasteiger partial charge is 0.341 e. The van der Waals surface area contributed by atoms with Crippen molar-refractivity contribution in [3.8, 4) is 11.4 Å². The maximum atomic E-state index is 4.72. The first-order valence-corrected chi connectivity index (χ1v) is 6.10. The average Bonchev–Trinajstić information content (AvgIpc) is 2.72. The third-order valence-electron chi connectivity index (χ3n) is 3.34. The van der Waals surface area contributed by atoms with Crippen molar-refractivity contribution in [3.05, 3.63) is 40.7 Å². The maximum Gasteiger partial charge on any atom is 0.138 e. The summed E-state index contributed by atoms with van der Waals surface area (Å²) >= 11 is 0. The van der Waals surface area contributed by atoms with Crippen LogP contribution >= 0.6 is 0 Å². The van der Waals surface area contributed by atoms with E-state index in [9.17, 15) is 0 Å². The molecule has 0 fully saturated rings. The van der Waals surface area contributed by atoms with E-state index in [0.717, 1.165) is 25.3 Å². The van der Waals surface area contributed by atoms with Crippen LogP contribution in [0.4, 0.5) is 0 Å². The molecule has 1 aliphatic rings. The lowest BCUT2D eigenvalue weighted by Crippen LogP contribution is -2.23. The van der Waals surface area contributed by atoms with Gasteiger partial charge < -0.3 is 10.3 Å². The van der Waals surface area contributed by atoms with Gasteiger partial charge in [-0.15, -0.1) is 0 Å². The number of nitrogens with one attached hydrogen (secondary N) is 2. The SMILES string of the molecule is Cc1ccc(-c2nc3c([nH]2)CNCC3)c(C)c1. The zero-order valence-corrected chi connectivity index (χ0v) is 10.3. The Bertz CT molecular complexity index is 531. The summed E-state index contributed by atoms with van der Waals surface area (Å²) in [6.07, 6.45) is 1.02. The van der Waals surface area contributed by atoms with Crippen LogP contribution in [0, 0.1) is 13.8 Å². The van der Waals surface area contributed by atoms with Crippen molar-refractivity contribution in [1.82, 2.24) is 15.3 Å². The van der Waals surface area contributed by atoms with Gasteiger partial charge in [-0.1, -0.05) is 23.8 Å². The topological polar surface area (TPSA) is 40.7 Å². The molecule has 0 unspecified atom stereocenters. The smallest absolute Gasteiger partial charge is 0.138 e. The Morgan fingerprint density at radius 1 is 1.24 bits per heavy atom. The number of rotatable bonds is 1. The summed E-state index contributed by atoms with van der Waals surface area (Å²) in [4.78, 5) is 8.15. The van der Waals surface area contributed by atoms with Gasteiger partial charge in [0.1, 0.15) is 5.82 Å². The van der Waals surface area contributed by atoms with Crippen molar-refractivity contribution in [2.24, 2.45) is 0 Å². The standard InChI is InChI=1S/C14H17N3/c1-9-3-4-11(10(2)7-9)14-16-12-5-6-15-8-13(12)17-14/h3-4,7,15H,5-6,8H2,1-2H3,(H,16,17). The fraction of sp³-hybridized carbons (Fsp3) is 0.357. The van der Waals surface area contributed by atoms with Crippen LogP contribution in [0.25, 0.3) is 11.4 Å². The minimum absolute atomic E-state index is 0.910. The van der Waals surface area contributed by atoms with Gasteiger partial charge in [0.05, 0.1) is 11.4 Å². The van der Waals surface area contributed by atoms with Gasteiger partial charge in [-0.3, -0.25) is 0 Å². The summed E-state index contributed by atoms with van der Waals surface area (Å²) in [6.45, 7) is 6.20. The molecule has 2 heterocycles. The van der Waals surface area contributed by atoms with E-state index < -0.39 is 0 Å². The number of hydrogen-bond acceptors (Lipinski definition) is 2. The fourth-order valence-corrected chi connectivity index (χ4v) is 2.43. The van der Waals surface area contributed by atoms with Gasteiger partial charge in [-0.25, -0.2) is 4.98 Å². The Labute approximate surface area is 101 Å². The molecule has 17 heavy (non-hydrogen) atoms. The molecule has 2 N–H and O–H groups in total. The van der Waals surface area contributed by atoms with E-state index in [2.05, 4.69) is 42.3 Å². The van der Waals surface area contributed by atoms with Crippen LogP contribution in [-0.4, -0.2) is 16.5 Å². The van der Waals surface area contributed by atoms with Gasteiger partial charge in [-0.05, 0) is 19.4 Å². The third-order valence-corrected chi connectivity index (χ3v) is 3.34. The molecule has 0 saturated heterocycles. The van der Waals surface area contributed by atoms with Crippen LogP contribution in [-0.2, 0) is 13.0 Å². The van der Waals surface area contributed by atoms with E-state index in [4.69, 9.17) is 4.98 Å². The van der Waals surface area contributed by atoms with E-state index in [1.807, 2.05) is 0 Å². The molecule has 2 aromatic rings. The molecule has 0 radical (unpaired) electrons. The average molecular weight is 227 g/mol. The van der Waals surface area contributed by atoms with E-state index in [-0.39, 0.29) is 0 Å². The van der Waals surface area contributed by atoms with Crippen molar-refractivity contribution in [2.45, 2.75) is 26.8 Å². The first kappa shape index (κ1) is 10.5. The van der Waals surface area contributed by atoms with Crippen molar-refractivity contribution >= 4 is 0 Å². The summed E-state index contributed by atoms with van der Waals surface area (Å²) < 4.78 is 0. The molecule has 88 valence electrons. The number of fused-ring (bicyclic) bond motifs is 1. The molecule has 1 aromatic heterocycles. The van der Waals surface area contributed by atoms with Gasteiger partial charge in [0.15, 0.2) is 0 Å². The van der Waals surface area contributed by atoms with E-state index in [0.29, 0.717) is 0 Å². The number of aromatic amines is 1. The highest BCUT2D eigenvalue weighted by molar-refractivity contribution is 5.61. The van der Waals surface area contributed by atoms with E-state index in [1.54, 1.807) is 0 Å². The van der Waals surface area contributed by atoms with Crippen LogP contribution in [0.2, 0.25) is 0 Å². The van der Waals surface area contributed by atoms with Gasteiger partial charge in [0.25, 0.3) is 0 Å². The van der Waals surface area contributed by atoms with Gasteiger partial charge in [-0.2, -0.15) is 0 Å². The predicted molar refractivity (Wildman–Crippen MR) is 68.9 cm³/mol. The fourth-order valence-electron chi connectivity index (χ4n) is 2.43. The second-order valence-electron chi connectivity index (χ2n) is 4.76. The molecular weight excluding hydrogens is 210 g/mol. The van der Waals surface area contributed by atoms with Crippen LogP contribution in [0.1, 0.15) is 22.5 Å². The second-order valence-corrected chi connectivity index (χ2v) is 4.76. The molecule has 1 aromatic carbocycles. The summed E-state index contributed by atoms with van der Waals surface area (Å²) in [5.74, 6) is 1.01. The number of hydrogen-bond donors (Lipinski definition) is 2. The van der Waals surface area contributed by atoms with Crippen LogP contribution in [0.15, 0.2) is 18.2 Å². The quantitative estimate of drug-likeness (QED) is 0.785. The molecule has 0 saturated carbocycles. The number of nitrogens with zero attached hydrogens (tertiary/aromatic N) is 1. The second kappa shape index (κ2) is 4.00. The van der Waals surface area contributed by atoms with Gasteiger partial charge in [0, 0.05) is 25.1 Å². The number of aromatic nitrogens is 2. The molecule has 3 rings (SSSR count). The Morgan fingerprint density at radius 3 is 2.88 bits per heavy atom. The molecule has 0 atom stereocenters. The molecule has 0 bridgehead atoms. The van der Waals surface area contributed by atoms with Crippen molar-refractivity contribution < 1.29 is 0 Å². The minimum atomic E-state index is 0.910. The number of H-pyrrole nitrogens is 1. The monoisotopic (exact) mass is 227 g/mol. The van der Waals surface area contributed by atoms with Crippen LogP contribution < -0.4 is 5.32 Å². The predicted octanol–water partition coefficient (Wildman–Crippen LogP) is 2.34. The minimum Gasteiger partial charge on any atom is -0.341 e. The summed E-state index contributed by atoms with van der Waals surface area (Å²) in [5.41, 5.74) is 6.25. The first-order valence-electron chi connectivity index (χ1n) is 6.10. The van der Waals surface area contributed by atoms with Crippen LogP contribution in [0.5, 0.6) is 0 Å². The normalized spacial score (nSPS) is 14.7. The highest BCUT2D eigenvalue weighted by Crippen LogP contribution is 2.24. The molecule has 0 amide bonds. The molecular formula is C14H17N3. The lowest BCUT2D eigenvalue weighted by Gasteiger charge is -2.09. The zero-order valence-electron chi connectivity index (χ0n) is 10.3. The number of aryl methyl sites for hydroxylation is 2. The van der Waals surface area contributed by atoms with Crippen molar-refractivity contribution in [2.75, 3.05) is 6.54 Å². The Kier molecular flexibility index (Phi) is 2.48. The zero-order chi connectivity index (χ0) is 11.8. The van der Waals surface area contributed by atoms with E-state index in [1.165, 1.54) is 28.1 Å². The molecule has 1 aliphatic heterocycles. The summed E-state index contributed by atoms with van der Waals surface area (Å²) in [6, 6.07) is 6.50. The third kappa shape index (κ3) is 1.87. The Hall–Kier alpha value is -1.61. The van der Waals surface area contributed by atoms with Crippen LogP contribution in [0.3, 0.4) is 0 Å². The summed E-state index contributed by atoms with van der Waals surface area (Å²) in [5, 5.41) is 3.36. The highest BCUT2D eigenvalue weighted by Gasteiger charge is 2.15. The van der Waals surface area contributed by atoms with Crippen molar-refractivity contribution in [3.63, 3.8) is 0 Å². The highest BCUT2D eigenvalue weighted by atomic mass is 15.0. The first-order chi connectivity index (χ1) is 8.24. The summed E-state index contributed by atoms with van der Waals surface area (Å²) in [7, 11) is 0. The lowest BCUT2D eigenvalue weighted by molar-refractivity contribution is 0.627. The van der Waals surface area contributed by atoms with Gasteiger partial charge in [0.2, 0.25) is 0 Å². The Morgan fingerprint density at radius 2 is 2.12 bits per heavy atom. The maximum absolute atomic E-state index is 4.72. The Balaban J connectivity index is 2.06. The molecule has 3 nitrogen and oxygen atoms in total. The van der Waals surface area contributed by atoms with Crippen molar-refractivity contribution in [1.29, 1.82) is 0 Å². The molecule has 3 heteroatoms. The van der Waals surface area contributed by atoms with E-state index >= 15 is 0 Å². The molecule has 0 aliphatic carbocycles. The van der Waals surface area contributed by atoms with Gasteiger partial charge >= 0.3 is 0 Å². The number of imidazole rings is 1.